The second-order valence-corrected chi connectivity index (χ2v) is 5.18. The van der Waals surface area contributed by atoms with E-state index in [2.05, 4.69) is 0 Å². The number of nitriles is 1. The molecule has 0 spiro atoms. The summed E-state index contributed by atoms with van der Waals surface area (Å²) in [6, 6.07) is 6.04. The van der Waals surface area contributed by atoms with Gasteiger partial charge in [0.05, 0.1) is 6.07 Å². The molecule has 0 fully saturated rings. The highest BCUT2D eigenvalue weighted by Crippen LogP contribution is 2.05. The Balaban J connectivity index is 2.82. The molecule has 1 rings (SSSR count). The molecule has 1 aromatic carbocycles. The molecule has 0 aromatic heterocycles. The predicted octanol–water partition coefficient (Wildman–Crippen LogP) is 0.947. The normalized spacial score (nSPS) is 10.8. The van der Waals surface area contributed by atoms with Gasteiger partial charge in [0, 0.05) is 5.56 Å². The topological polar surface area (TPSA) is 75.0 Å². The van der Waals surface area contributed by atoms with Crippen molar-refractivity contribution in [2.24, 2.45) is 0 Å². The number of rotatable bonds is 4. The van der Waals surface area contributed by atoms with Gasteiger partial charge in [-0.3, -0.25) is 4.79 Å². The van der Waals surface area contributed by atoms with Crippen molar-refractivity contribution in [3.8, 4) is 6.07 Å². The zero-order valence-corrected chi connectivity index (χ0v) is 9.00. The maximum absolute atomic E-state index is 12.5. The number of halogens is 1. The van der Waals surface area contributed by atoms with Crippen LogP contribution in [0.4, 0.5) is 4.39 Å². The molecule has 0 unspecified atom stereocenters. The number of Topliss-reactive ketones (excluding diaryl/α,β-unsaturated/α-hetero) is 1. The number of hydrogen-bond donors (Lipinski definition) is 0. The number of ketones is 1. The van der Waals surface area contributed by atoms with Gasteiger partial charge in [-0.25, -0.2) is 12.8 Å². The zero-order chi connectivity index (χ0) is 12.2. The number of benzene rings is 1. The number of carbonyl (C=O) groups is 1. The van der Waals surface area contributed by atoms with Gasteiger partial charge in [0.2, 0.25) is 0 Å². The number of hydrogen-bond acceptors (Lipinski definition) is 4. The summed E-state index contributed by atoms with van der Waals surface area (Å²) in [5.74, 6) is -2.57. The van der Waals surface area contributed by atoms with Crippen molar-refractivity contribution in [2.45, 2.75) is 0 Å². The number of nitrogens with zero attached hydrogens (tertiary/aromatic N) is 1. The van der Waals surface area contributed by atoms with Crippen LogP contribution < -0.4 is 0 Å². The van der Waals surface area contributed by atoms with Gasteiger partial charge in [0.1, 0.15) is 17.3 Å². The summed E-state index contributed by atoms with van der Waals surface area (Å²) in [7, 11) is -3.69. The lowest BCUT2D eigenvalue weighted by molar-refractivity contribution is 0.102. The Morgan fingerprint density at radius 3 is 2.38 bits per heavy atom. The van der Waals surface area contributed by atoms with Crippen molar-refractivity contribution in [3.05, 3.63) is 35.6 Å². The SMILES string of the molecule is N#CCS(=O)(=O)CC(=O)c1ccc(F)cc1. The standard InChI is InChI=1S/C10H8FNO3S/c11-9-3-1-8(2-4-9)10(13)7-16(14,15)6-5-12/h1-4H,6-7H2. The lowest BCUT2D eigenvalue weighted by Crippen LogP contribution is -2.18. The Morgan fingerprint density at radius 1 is 1.31 bits per heavy atom. The molecular weight excluding hydrogens is 233 g/mol. The average molecular weight is 241 g/mol. The molecule has 4 nitrogen and oxygen atoms in total. The van der Waals surface area contributed by atoms with Crippen molar-refractivity contribution in [3.63, 3.8) is 0 Å². The van der Waals surface area contributed by atoms with Crippen LogP contribution in [0.2, 0.25) is 0 Å². The van der Waals surface area contributed by atoms with Crippen LogP contribution in [0.1, 0.15) is 10.4 Å². The maximum atomic E-state index is 12.5. The summed E-state index contributed by atoms with van der Waals surface area (Å²) in [5, 5.41) is 8.23. The second-order valence-electron chi connectivity index (χ2n) is 3.12. The van der Waals surface area contributed by atoms with Crippen molar-refractivity contribution < 1.29 is 17.6 Å². The van der Waals surface area contributed by atoms with Crippen molar-refractivity contribution in [2.75, 3.05) is 11.5 Å². The Kier molecular flexibility index (Phi) is 3.74. The minimum atomic E-state index is -3.69. The molecule has 0 heterocycles. The monoisotopic (exact) mass is 241 g/mol. The first-order valence-electron chi connectivity index (χ1n) is 4.31. The van der Waals surface area contributed by atoms with E-state index in [1.807, 2.05) is 0 Å². The van der Waals surface area contributed by atoms with Crippen LogP contribution in [-0.4, -0.2) is 25.7 Å². The second kappa shape index (κ2) is 4.86. The van der Waals surface area contributed by atoms with Gasteiger partial charge in [-0.05, 0) is 24.3 Å². The molecule has 16 heavy (non-hydrogen) atoms. The Morgan fingerprint density at radius 2 is 1.88 bits per heavy atom. The van der Waals surface area contributed by atoms with E-state index >= 15 is 0 Å². The Labute approximate surface area is 92.2 Å². The Bertz CT molecular complexity index is 528. The molecule has 0 radical (unpaired) electrons. The molecule has 0 saturated heterocycles. The molecule has 0 aliphatic rings. The molecule has 0 saturated carbocycles. The van der Waals surface area contributed by atoms with E-state index in [4.69, 9.17) is 5.26 Å². The third kappa shape index (κ3) is 3.44. The molecule has 0 amide bonds. The fraction of sp³-hybridized carbons (Fsp3) is 0.200. The summed E-state index contributed by atoms with van der Waals surface area (Å²) in [5.41, 5.74) is 0.114. The van der Waals surface area contributed by atoms with Gasteiger partial charge in [0.15, 0.2) is 15.6 Å². The van der Waals surface area contributed by atoms with E-state index in [0.717, 1.165) is 12.1 Å². The third-order valence-corrected chi connectivity index (χ3v) is 3.07. The maximum Gasteiger partial charge on any atom is 0.177 e. The fourth-order valence-electron chi connectivity index (χ4n) is 1.07. The van der Waals surface area contributed by atoms with Crippen LogP contribution in [0.15, 0.2) is 24.3 Å². The molecule has 84 valence electrons. The fourth-order valence-corrected chi connectivity index (χ4v) is 1.93. The predicted molar refractivity (Wildman–Crippen MR) is 55.0 cm³/mol. The van der Waals surface area contributed by atoms with E-state index in [1.54, 1.807) is 0 Å². The molecule has 0 bridgehead atoms. The first-order valence-corrected chi connectivity index (χ1v) is 6.13. The molecular formula is C10H8FNO3S. The summed E-state index contributed by atoms with van der Waals surface area (Å²) >= 11 is 0. The number of carbonyl (C=O) groups excluding carboxylic acids is 1. The Hall–Kier alpha value is -1.74. The largest absolute Gasteiger partial charge is 0.293 e. The van der Waals surface area contributed by atoms with Crippen molar-refractivity contribution in [1.29, 1.82) is 5.26 Å². The van der Waals surface area contributed by atoms with Gasteiger partial charge < -0.3 is 0 Å². The van der Waals surface area contributed by atoms with Crippen LogP contribution in [0, 0.1) is 17.1 Å². The zero-order valence-electron chi connectivity index (χ0n) is 8.18. The van der Waals surface area contributed by atoms with Crippen molar-refractivity contribution >= 4 is 15.6 Å². The lowest BCUT2D eigenvalue weighted by atomic mass is 10.1. The lowest BCUT2D eigenvalue weighted by Gasteiger charge is -2.00. The first-order chi connectivity index (χ1) is 7.44. The molecule has 6 heteroatoms. The van der Waals surface area contributed by atoms with E-state index in [-0.39, 0.29) is 5.56 Å². The first kappa shape index (κ1) is 12.3. The quantitative estimate of drug-likeness (QED) is 0.735. The third-order valence-electron chi connectivity index (χ3n) is 1.80. The van der Waals surface area contributed by atoms with E-state index < -0.39 is 32.9 Å². The number of sulfone groups is 1. The van der Waals surface area contributed by atoms with Crippen LogP contribution in [0.25, 0.3) is 0 Å². The van der Waals surface area contributed by atoms with Gasteiger partial charge in [-0.2, -0.15) is 5.26 Å². The average Bonchev–Trinajstić information content (AvgIpc) is 2.17. The summed E-state index contributed by atoms with van der Waals surface area (Å²) in [6.45, 7) is 0. The molecule has 0 atom stereocenters. The molecule has 0 aliphatic carbocycles. The van der Waals surface area contributed by atoms with Gasteiger partial charge in [-0.15, -0.1) is 0 Å². The molecule has 1 aromatic rings. The van der Waals surface area contributed by atoms with E-state index in [9.17, 15) is 17.6 Å². The minimum Gasteiger partial charge on any atom is -0.293 e. The van der Waals surface area contributed by atoms with Crippen LogP contribution in [-0.2, 0) is 9.84 Å². The van der Waals surface area contributed by atoms with Crippen LogP contribution in [0.3, 0.4) is 0 Å². The highest BCUT2D eigenvalue weighted by atomic mass is 32.2. The molecule has 0 N–H and O–H groups in total. The van der Waals surface area contributed by atoms with Gasteiger partial charge in [-0.1, -0.05) is 0 Å². The minimum absolute atomic E-state index is 0.114. The van der Waals surface area contributed by atoms with Crippen molar-refractivity contribution in [1.82, 2.24) is 0 Å². The van der Waals surface area contributed by atoms with Gasteiger partial charge in [0.25, 0.3) is 0 Å². The molecule has 0 aliphatic heterocycles. The van der Waals surface area contributed by atoms with E-state index in [1.165, 1.54) is 18.2 Å². The highest BCUT2D eigenvalue weighted by molar-refractivity contribution is 7.92. The summed E-state index contributed by atoms with van der Waals surface area (Å²) < 4.78 is 34.9. The van der Waals surface area contributed by atoms with Crippen LogP contribution >= 0.6 is 0 Å². The smallest absolute Gasteiger partial charge is 0.177 e. The summed E-state index contributed by atoms with van der Waals surface area (Å²) in [4.78, 5) is 11.4. The summed E-state index contributed by atoms with van der Waals surface area (Å²) in [6.07, 6.45) is 0. The van der Waals surface area contributed by atoms with Crippen LogP contribution in [0.5, 0.6) is 0 Å². The van der Waals surface area contributed by atoms with Gasteiger partial charge >= 0.3 is 0 Å². The van der Waals surface area contributed by atoms with E-state index in [0.29, 0.717) is 0 Å². The highest BCUT2D eigenvalue weighted by Gasteiger charge is 2.17.